The van der Waals surface area contributed by atoms with Crippen LogP contribution in [0.4, 0.5) is 0 Å². The lowest BCUT2D eigenvalue weighted by molar-refractivity contribution is 0.0413. The van der Waals surface area contributed by atoms with E-state index in [9.17, 15) is 0 Å². The molecule has 1 atom stereocenters. The summed E-state index contributed by atoms with van der Waals surface area (Å²) in [5.41, 5.74) is 7.38. The van der Waals surface area contributed by atoms with Gasteiger partial charge in [-0.1, -0.05) is 0 Å². The van der Waals surface area contributed by atoms with Crippen LogP contribution in [0.15, 0.2) is 18.2 Å². The molecular weight excluding hydrogens is 268 g/mol. The third-order valence-corrected chi connectivity index (χ3v) is 4.14. The fraction of sp³-hybridized carbons (Fsp3) is 0.625. The Bertz CT molecular complexity index is 447. The van der Waals surface area contributed by atoms with Crippen LogP contribution in [-0.4, -0.2) is 52.0 Å². The van der Waals surface area contributed by atoms with Crippen molar-refractivity contribution in [3.63, 3.8) is 0 Å². The third kappa shape index (κ3) is 4.09. The Labute approximate surface area is 127 Å². The van der Waals surface area contributed by atoms with Crippen LogP contribution >= 0.6 is 0 Å². The molecule has 5 heteroatoms. The van der Waals surface area contributed by atoms with Crippen LogP contribution in [0.3, 0.4) is 0 Å². The van der Waals surface area contributed by atoms with Crippen molar-refractivity contribution < 1.29 is 14.2 Å². The maximum atomic E-state index is 6.39. The van der Waals surface area contributed by atoms with E-state index >= 15 is 0 Å². The second-order valence-corrected chi connectivity index (χ2v) is 5.50. The van der Waals surface area contributed by atoms with Gasteiger partial charge in [0.15, 0.2) is 0 Å². The van der Waals surface area contributed by atoms with Gasteiger partial charge in [0.05, 0.1) is 14.2 Å². The number of methoxy groups -OCH3 is 2. The lowest BCUT2D eigenvalue weighted by atomic mass is 10.0. The highest BCUT2D eigenvalue weighted by atomic mass is 16.5. The molecule has 2 N–H and O–H groups in total. The summed E-state index contributed by atoms with van der Waals surface area (Å²) in [5.74, 6) is 1.61. The highest BCUT2D eigenvalue weighted by molar-refractivity contribution is 5.42. The monoisotopic (exact) mass is 294 g/mol. The van der Waals surface area contributed by atoms with Gasteiger partial charge in [-0.05, 0) is 38.1 Å². The van der Waals surface area contributed by atoms with Crippen molar-refractivity contribution in [1.82, 2.24) is 4.90 Å². The van der Waals surface area contributed by atoms with Gasteiger partial charge >= 0.3 is 0 Å². The minimum atomic E-state index is -0.108. The topological polar surface area (TPSA) is 57.0 Å². The van der Waals surface area contributed by atoms with Crippen LogP contribution < -0.4 is 15.2 Å². The predicted octanol–water partition coefficient (Wildman–Crippen LogP) is 1.81. The van der Waals surface area contributed by atoms with E-state index in [1.807, 2.05) is 18.2 Å². The van der Waals surface area contributed by atoms with E-state index < -0.39 is 0 Å². The van der Waals surface area contributed by atoms with E-state index in [1.165, 1.54) is 0 Å². The molecule has 5 nitrogen and oxygen atoms in total. The molecule has 0 bridgehead atoms. The lowest BCUT2D eigenvalue weighted by Crippen LogP contribution is -2.40. The summed E-state index contributed by atoms with van der Waals surface area (Å²) < 4.78 is 16.1. The van der Waals surface area contributed by atoms with Crippen LogP contribution in [0.2, 0.25) is 0 Å². The zero-order chi connectivity index (χ0) is 15.2. The minimum absolute atomic E-state index is 0.108. The number of likely N-dealkylation sites (N-methyl/N-ethyl adjacent to an activating group) is 1. The summed E-state index contributed by atoms with van der Waals surface area (Å²) in [6.45, 7) is 2.47. The summed E-state index contributed by atoms with van der Waals surface area (Å²) in [5, 5.41) is 0. The minimum Gasteiger partial charge on any atom is -0.497 e. The SMILES string of the molecule is COc1ccc(OC)c(C(N)CN(C)C2CCOCC2)c1. The second kappa shape index (κ2) is 7.64. The molecule has 1 aliphatic rings. The Hall–Kier alpha value is -1.30. The van der Waals surface area contributed by atoms with Gasteiger partial charge in [-0.3, -0.25) is 0 Å². The summed E-state index contributed by atoms with van der Waals surface area (Å²) in [6.07, 6.45) is 2.14. The van der Waals surface area contributed by atoms with Gasteiger partial charge in [0.25, 0.3) is 0 Å². The molecule has 0 spiro atoms. The zero-order valence-electron chi connectivity index (χ0n) is 13.2. The van der Waals surface area contributed by atoms with Gasteiger partial charge < -0.3 is 24.8 Å². The normalized spacial score (nSPS) is 17.8. The number of benzene rings is 1. The van der Waals surface area contributed by atoms with E-state index in [0.29, 0.717) is 6.04 Å². The van der Waals surface area contributed by atoms with Gasteiger partial charge in [0.1, 0.15) is 11.5 Å². The van der Waals surface area contributed by atoms with E-state index in [0.717, 1.165) is 49.7 Å². The molecule has 2 rings (SSSR count). The molecule has 1 saturated heterocycles. The maximum Gasteiger partial charge on any atom is 0.123 e. The molecule has 1 fully saturated rings. The first kappa shape index (κ1) is 16.1. The van der Waals surface area contributed by atoms with Crippen molar-refractivity contribution in [2.24, 2.45) is 5.73 Å². The van der Waals surface area contributed by atoms with E-state index in [4.69, 9.17) is 19.9 Å². The summed E-state index contributed by atoms with van der Waals surface area (Å²) in [7, 11) is 5.45. The van der Waals surface area contributed by atoms with E-state index in [2.05, 4.69) is 11.9 Å². The first-order valence-corrected chi connectivity index (χ1v) is 7.41. The van der Waals surface area contributed by atoms with Gasteiger partial charge in [-0.15, -0.1) is 0 Å². The maximum absolute atomic E-state index is 6.39. The Morgan fingerprint density at radius 1 is 1.29 bits per heavy atom. The first-order valence-electron chi connectivity index (χ1n) is 7.41. The van der Waals surface area contributed by atoms with Crippen molar-refractivity contribution in [2.75, 3.05) is 41.0 Å². The van der Waals surface area contributed by atoms with Gasteiger partial charge in [-0.25, -0.2) is 0 Å². The van der Waals surface area contributed by atoms with Crippen molar-refractivity contribution in [3.8, 4) is 11.5 Å². The molecule has 118 valence electrons. The molecule has 0 aliphatic carbocycles. The zero-order valence-corrected chi connectivity index (χ0v) is 13.2. The Morgan fingerprint density at radius 3 is 2.62 bits per heavy atom. The Morgan fingerprint density at radius 2 is 2.00 bits per heavy atom. The molecule has 1 unspecified atom stereocenters. The van der Waals surface area contributed by atoms with E-state index in [-0.39, 0.29) is 6.04 Å². The average Bonchev–Trinajstić information content (AvgIpc) is 2.54. The number of nitrogens with two attached hydrogens (primary N) is 1. The summed E-state index contributed by atoms with van der Waals surface area (Å²) >= 11 is 0. The van der Waals surface area contributed by atoms with Crippen LogP contribution in [0.1, 0.15) is 24.4 Å². The second-order valence-electron chi connectivity index (χ2n) is 5.50. The van der Waals surface area contributed by atoms with Crippen molar-refractivity contribution >= 4 is 0 Å². The molecule has 0 saturated carbocycles. The fourth-order valence-electron chi connectivity index (χ4n) is 2.81. The lowest BCUT2D eigenvalue weighted by Gasteiger charge is -2.33. The van der Waals surface area contributed by atoms with Crippen LogP contribution in [0.5, 0.6) is 11.5 Å². The van der Waals surface area contributed by atoms with Crippen molar-refractivity contribution in [2.45, 2.75) is 24.9 Å². The number of nitrogens with zero attached hydrogens (tertiary/aromatic N) is 1. The molecule has 0 radical (unpaired) electrons. The highest BCUT2D eigenvalue weighted by Crippen LogP contribution is 2.29. The van der Waals surface area contributed by atoms with Crippen LogP contribution in [0, 0.1) is 0 Å². The largest absolute Gasteiger partial charge is 0.497 e. The molecule has 0 aromatic heterocycles. The van der Waals surface area contributed by atoms with Crippen LogP contribution in [-0.2, 0) is 4.74 Å². The van der Waals surface area contributed by atoms with Gasteiger partial charge in [0.2, 0.25) is 0 Å². The van der Waals surface area contributed by atoms with Crippen molar-refractivity contribution in [3.05, 3.63) is 23.8 Å². The quantitative estimate of drug-likeness (QED) is 0.867. The highest BCUT2D eigenvalue weighted by Gasteiger charge is 2.22. The third-order valence-electron chi connectivity index (χ3n) is 4.14. The smallest absolute Gasteiger partial charge is 0.123 e. The van der Waals surface area contributed by atoms with Crippen molar-refractivity contribution in [1.29, 1.82) is 0 Å². The predicted molar refractivity (Wildman–Crippen MR) is 82.9 cm³/mol. The van der Waals surface area contributed by atoms with E-state index in [1.54, 1.807) is 14.2 Å². The number of ether oxygens (including phenoxy) is 3. The number of rotatable bonds is 6. The molecule has 21 heavy (non-hydrogen) atoms. The molecular formula is C16H26N2O3. The first-order chi connectivity index (χ1) is 10.2. The molecule has 1 heterocycles. The molecule has 1 aromatic carbocycles. The molecule has 0 amide bonds. The number of hydrogen-bond acceptors (Lipinski definition) is 5. The fourth-order valence-corrected chi connectivity index (χ4v) is 2.81. The van der Waals surface area contributed by atoms with Crippen LogP contribution in [0.25, 0.3) is 0 Å². The molecule has 1 aromatic rings. The van der Waals surface area contributed by atoms with Gasteiger partial charge in [0, 0.05) is 37.4 Å². The summed E-state index contributed by atoms with van der Waals surface area (Å²) in [6, 6.07) is 6.19. The standard InChI is InChI=1S/C16H26N2O3/c1-18(12-6-8-21-9-7-12)11-15(17)14-10-13(19-2)4-5-16(14)20-3/h4-5,10,12,15H,6-9,11,17H2,1-3H3. The Kier molecular flexibility index (Phi) is 5.85. The average molecular weight is 294 g/mol. The number of hydrogen-bond donors (Lipinski definition) is 1. The Balaban J connectivity index is 2.06. The molecule has 1 aliphatic heterocycles. The summed E-state index contributed by atoms with van der Waals surface area (Å²) in [4.78, 5) is 2.33. The van der Waals surface area contributed by atoms with Gasteiger partial charge in [-0.2, -0.15) is 0 Å².